The van der Waals surface area contributed by atoms with Gasteiger partial charge in [0.05, 0.1) is 5.09 Å². The molecule has 0 amide bonds. The maximum atomic E-state index is 12.1. The maximum Gasteiger partial charge on any atom is 0.644 e. The van der Waals surface area contributed by atoms with Crippen LogP contribution in [0.25, 0.3) is 0 Å². The molecule has 0 bridgehead atoms. The molecule has 0 saturated heterocycles. The molecule has 0 fully saturated rings. The SMILES string of the molecule is FC(F)(F)C(F)(F)C(F)(F)C(F)(F)[P+](F)(F)F.O=[N+]([O-])[O-]. The fourth-order valence-corrected chi connectivity index (χ4v) is 0.985. The summed E-state index contributed by atoms with van der Waals surface area (Å²) < 4.78 is 140. The van der Waals surface area contributed by atoms with Crippen LogP contribution in [0.1, 0.15) is 0 Å². The first kappa shape index (κ1) is 22.1. The first-order valence-electron chi connectivity index (χ1n) is 3.73. The lowest BCUT2D eigenvalue weighted by molar-refractivity contribution is -0.402. The minimum Gasteiger partial charge on any atom is -0.356 e. The Morgan fingerprint density at radius 2 is 0.952 bits per heavy atom. The fraction of sp³-hybridized carbons (Fsp3) is 1.00. The minimum absolute atomic E-state index is 1.75. The van der Waals surface area contributed by atoms with Gasteiger partial charge in [0, 0.05) is 12.6 Å². The van der Waals surface area contributed by atoms with Crippen molar-refractivity contribution in [2.45, 2.75) is 23.7 Å². The lowest BCUT2D eigenvalue weighted by atomic mass is 10.1. The Kier molecular flexibility index (Phi) is 6.19. The van der Waals surface area contributed by atoms with E-state index in [9.17, 15) is 52.1 Å². The predicted molar refractivity (Wildman–Crippen MR) is 41.5 cm³/mol. The normalized spacial score (nSPS) is 14.3. The van der Waals surface area contributed by atoms with E-state index in [1.54, 1.807) is 0 Å². The Balaban J connectivity index is 0. The number of alkyl halides is 9. The standard InChI is InChI=1S/C4F12P.NO3/c5-1(6,3(9,10)11)2(7,8)4(12,13)17(14,15)16;2-1(3)4/q+1;-1. The highest BCUT2D eigenvalue weighted by Crippen LogP contribution is 2.80. The Morgan fingerprint density at radius 3 is 1.10 bits per heavy atom. The summed E-state index contributed by atoms with van der Waals surface area (Å²) in [5.41, 5.74) is -7.42. The van der Waals surface area contributed by atoms with E-state index >= 15 is 0 Å². The summed E-state index contributed by atoms with van der Waals surface area (Å²) in [4.78, 5) is 8.25. The molecule has 0 aromatic rings. The van der Waals surface area contributed by atoms with Gasteiger partial charge in [-0.05, 0) is 0 Å². The van der Waals surface area contributed by atoms with Crippen LogP contribution in [-0.2, 0) is 0 Å². The topological polar surface area (TPSA) is 66.2 Å². The van der Waals surface area contributed by atoms with Gasteiger partial charge in [0.2, 0.25) is 0 Å². The van der Waals surface area contributed by atoms with Gasteiger partial charge in [0.25, 0.3) is 0 Å². The van der Waals surface area contributed by atoms with Crippen LogP contribution in [0.2, 0.25) is 0 Å². The molecule has 0 saturated carbocycles. The van der Waals surface area contributed by atoms with E-state index in [1.165, 1.54) is 0 Å². The zero-order valence-electron chi connectivity index (χ0n) is 8.65. The van der Waals surface area contributed by atoms with Crippen molar-refractivity contribution >= 4 is 8.19 Å². The van der Waals surface area contributed by atoms with Gasteiger partial charge in [-0.25, -0.2) is 0 Å². The molecule has 0 N–H and O–H groups in total. The van der Waals surface area contributed by atoms with Crippen molar-refractivity contribution in [2.75, 3.05) is 0 Å². The molecule has 0 aromatic carbocycles. The molecule has 0 atom stereocenters. The number of hydrogen-bond donors (Lipinski definition) is 0. The van der Waals surface area contributed by atoms with Crippen LogP contribution >= 0.6 is 8.19 Å². The van der Waals surface area contributed by atoms with E-state index in [0.717, 1.165) is 0 Å². The molecule has 21 heavy (non-hydrogen) atoms. The molecule has 0 rings (SSSR count). The zero-order chi connectivity index (χ0) is 18.1. The average Bonchev–Trinajstić information content (AvgIpc) is 2.12. The van der Waals surface area contributed by atoms with Crippen molar-refractivity contribution in [1.29, 1.82) is 0 Å². The van der Waals surface area contributed by atoms with Gasteiger partial charge >= 0.3 is 31.9 Å². The summed E-state index contributed by atoms with van der Waals surface area (Å²) in [6.07, 6.45) is -7.24. The van der Waals surface area contributed by atoms with Gasteiger partial charge in [-0.2, -0.15) is 39.5 Å². The fourth-order valence-electron chi connectivity index (χ4n) is 0.526. The summed E-state index contributed by atoms with van der Waals surface area (Å²) >= 11 is 0. The summed E-state index contributed by atoms with van der Waals surface area (Å²) in [5.74, 6) is -15.1. The maximum absolute atomic E-state index is 12.1. The van der Waals surface area contributed by atoms with Crippen molar-refractivity contribution < 1.29 is 57.2 Å². The number of nitrogens with zero attached hydrogens (tertiary/aromatic N) is 1. The van der Waals surface area contributed by atoms with Gasteiger partial charge < -0.3 is 15.3 Å². The molecule has 17 heteroatoms. The first-order valence-corrected chi connectivity index (χ1v) is 5.19. The first-order chi connectivity index (χ1) is 8.73. The second-order valence-corrected chi connectivity index (χ2v) is 4.31. The van der Waals surface area contributed by atoms with Gasteiger partial charge in [0.15, 0.2) is 0 Å². The van der Waals surface area contributed by atoms with Crippen LogP contribution in [-0.4, -0.2) is 28.8 Å². The molecule has 0 radical (unpaired) electrons. The molecule has 4 nitrogen and oxygen atoms in total. The second-order valence-electron chi connectivity index (χ2n) is 2.86. The zero-order valence-corrected chi connectivity index (χ0v) is 9.55. The lowest BCUT2D eigenvalue weighted by Gasteiger charge is -2.29. The number of halogens is 12. The van der Waals surface area contributed by atoms with E-state index in [1.807, 2.05) is 0 Å². The van der Waals surface area contributed by atoms with Crippen molar-refractivity contribution in [1.82, 2.24) is 0 Å². The molecule has 0 heterocycles. The third-order valence-electron chi connectivity index (χ3n) is 1.45. The van der Waals surface area contributed by atoms with E-state index < -0.39 is 37.0 Å². The summed E-state index contributed by atoms with van der Waals surface area (Å²) in [6, 6.07) is 0. The van der Waals surface area contributed by atoms with Crippen LogP contribution in [0.4, 0.5) is 52.1 Å². The summed E-state index contributed by atoms with van der Waals surface area (Å²) in [7, 11) is -8.47. The van der Waals surface area contributed by atoms with Crippen molar-refractivity contribution in [3.8, 4) is 0 Å². The van der Waals surface area contributed by atoms with Crippen molar-refractivity contribution in [3.63, 3.8) is 0 Å². The molecule has 0 aliphatic rings. The minimum atomic E-state index is -8.47. The monoisotopic (exact) mass is 369 g/mol. The Morgan fingerprint density at radius 1 is 0.714 bits per heavy atom. The molecule has 0 unspecified atom stereocenters. The molecule has 128 valence electrons. The van der Waals surface area contributed by atoms with E-state index in [4.69, 9.17) is 15.3 Å². The quantitative estimate of drug-likeness (QED) is 0.309. The van der Waals surface area contributed by atoms with Crippen LogP contribution in [0, 0.1) is 15.3 Å². The van der Waals surface area contributed by atoms with Crippen molar-refractivity contribution in [2.24, 2.45) is 0 Å². The van der Waals surface area contributed by atoms with E-state index in [-0.39, 0.29) is 0 Å². The Labute approximate surface area is 106 Å². The number of hydrogen-bond acceptors (Lipinski definition) is 3. The van der Waals surface area contributed by atoms with Gasteiger partial charge in [-0.3, -0.25) is 0 Å². The number of rotatable bonds is 3. The molecular formula is C4F12NO3P. The molecular weight excluding hydrogens is 369 g/mol. The highest BCUT2D eigenvalue weighted by atomic mass is 31.3. The molecule has 0 aliphatic heterocycles. The smallest absolute Gasteiger partial charge is 0.356 e. The van der Waals surface area contributed by atoms with Crippen LogP contribution in [0.15, 0.2) is 0 Å². The molecule has 0 aromatic heterocycles. The molecule has 0 spiro atoms. The van der Waals surface area contributed by atoms with Gasteiger partial charge in [0.1, 0.15) is 0 Å². The third kappa shape index (κ3) is 4.38. The van der Waals surface area contributed by atoms with E-state index in [0.29, 0.717) is 0 Å². The van der Waals surface area contributed by atoms with Crippen LogP contribution in [0.3, 0.4) is 0 Å². The largest absolute Gasteiger partial charge is 0.644 e. The van der Waals surface area contributed by atoms with E-state index in [2.05, 4.69) is 0 Å². The summed E-state index contributed by atoms with van der Waals surface area (Å²) in [5, 5.41) is 14.8. The molecule has 0 aliphatic carbocycles. The highest BCUT2D eigenvalue weighted by molar-refractivity contribution is 7.61. The second kappa shape index (κ2) is 5.88. The Hall–Kier alpha value is -1.21. The van der Waals surface area contributed by atoms with Crippen molar-refractivity contribution in [3.05, 3.63) is 15.3 Å². The van der Waals surface area contributed by atoms with Crippen LogP contribution in [0.5, 0.6) is 0 Å². The van der Waals surface area contributed by atoms with Crippen LogP contribution < -0.4 is 0 Å². The summed E-state index contributed by atoms with van der Waals surface area (Å²) in [6.45, 7) is 0. The predicted octanol–water partition coefficient (Wildman–Crippen LogP) is 4.84. The lowest BCUT2D eigenvalue weighted by Crippen LogP contribution is -2.60. The Bertz CT molecular complexity index is 342. The van der Waals surface area contributed by atoms with Gasteiger partial charge in [-0.15, -0.1) is 0 Å². The average molecular weight is 369 g/mol. The third-order valence-corrected chi connectivity index (χ3v) is 2.36. The highest BCUT2D eigenvalue weighted by Gasteiger charge is 2.94. The van der Waals surface area contributed by atoms with Gasteiger partial charge in [-0.1, -0.05) is 0 Å².